The molecule has 0 aliphatic heterocycles. The summed E-state index contributed by atoms with van der Waals surface area (Å²) in [4.78, 5) is 15.9. The Balaban J connectivity index is 1.66. The monoisotopic (exact) mass is 324 g/mol. The van der Waals surface area contributed by atoms with Crippen LogP contribution in [0.4, 0.5) is 0 Å². The first-order valence-corrected chi connectivity index (χ1v) is 7.81. The number of rotatable bonds is 4. The van der Waals surface area contributed by atoms with Crippen LogP contribution in [0.1, 0.15) is 52.7 Å². The quantitative estimate of drug-likeness (QED) is 0.763. The normalized spacial score (nSPS) is 15.2. The van der Waals surface area contributed by atoms with Gasteiger partial charge < -0.3 is 5.11 Å². The van der Waals surface area contributed by atoms with Crippen molar-refractivity contribution in [3.8, 4) is 0 Å². The van der Waals surface area contributed by atoms with Crippen molar-refractivity contribution in [1.82, 2.24) is 30.2 Å². The minimum atomic E-state index is -1.00. The molecule has 24 heavy (non-hydrogen) atoms. The standard InChI is InChI=1S/C16H16N6O2/c1-9-14-13(16(23)24)7-10(17-15(14)20-18-9)5-6-11-8-22(21-19-11)12-3-2-4-12/h5-8,12H,2-4H2,1H3,(H,23,24)(H,17,18,20)/b6-5+. The Hall–Kier alpha value is -3.03. The summed E-state index contributed by atoms with van der Waals surface area (Å²) in [5.74, 6) is -1.00. The largest absolute Gasteiger partial charge is 0.478 e. The van der Waals surface area contributed by atoms with Crippen LogP contribution in [0.25, 0.3) is 23.2 Å². The number of aromatic amines is 1. The fraction of sp³-hybridized carbons (Fsp3) is 0.312. The molecule has 8 nitrogen and oxygen atoms in total. The molecule has 1 fully saturated rings. The van der Waals surface area contributed by atoms with E-state index in [1.165, 1.54) is 6.42 Å². The second-order valence-corrected chi connectivity index (χ2v) is 5.99. The summed E-state index contributed by atoms with van der Waals surface area (Å²) >= 11 is 0. The molecule has 3 aromatic rings. The van der Waals surface area contributed by atoms with E-state index in [1.807, 2.05) is 10.9 Å². The van der Waals surface area contributed by atoms with Crippen molar-refractivity contribution < 1.29 is 9.90 Å². The number of fused-ring (bicyclic) bond motifs is 1. The zero-order valence-corrected chi connectivity index (χ0v) is 13.1. The summed E-state index contributed by atoms with van der Waals surface area (Å²) in [7, 11) is 0. The first-order chi connectivity index (χ1) is 11.6. The van der Waals surface area contributed by atoms with Crippen LogP contribution in [0.2, 0.25) is 0 Å². The van der Waals surface area contributed by atoms with Gasteiger partial charge in [-0.15, -0.1) is 5.10 Å². The average Bonchev–Trinajstić information content (AvgIpc) is 3.10. The molecule has 8 heteroatoms. The highest BCUT2D eigenvalue weighted by molar-refractivity contribution is 6.03. The third kappa shape index (κ3) is 2.45. The molecule has 1 saturated carbocycles. The van der Waals surface area contributed by atoms with Crippen LogP contribution in [-0.4, -0.2) is 41.3 Å². The smallest absolute Gasteiger partial charge is 0.336 e. The zero-order chi connectivity index (χ0) is 16.7. The number of aromatic nitrogens is 6. The Morgan fingerprint density at radius 2 is 2.17 bits per heavy atom. The Bertz CT molecular complexity index is 951. The maximum absolute atomic E-state index is 11.5. The summed E-state index contributed by atoms with van der Waals surface area (Å²) in [5, 5.41) is 25.0. The number of pyridine rings is 1. The third-order valence-corrected chi connectivity index (χ3v) is 4.36. The van der Waals surface area contributed by atoms with E-state index in [-0.39, 0.29) is 5.56 Å². The van der Waals surface area contributed by atoms with Gasteiger partial charge in [-0.25, -0.2) is 14.5 Å². The van der Waals surface area contributed by atoms with Gasteiger partial charge in [-0.3, -0.25) is 5.10 Å². The lowest BCUT2D eigenvalue weighted by Gasteiger charge is -2.24. The molecule has 2 N–H and O–H groups in total. The second kappa shape index (κ2) is 5.55. The molecule has 0 bridgehead atoms. The van der Waals surface area contributed by atoms with Crippen LogP contribution < -0.4 is 0 Å². The van der Waals surface area contributed by atoms with Crippen molar-refractivity contribution >= 4 is 29.2 Å². The number of nitrogens with one attached hydrogen (secondary N) is 1. The lowest BCUT2D eigenvalue weighted by molar-refractivity contribution is 0.0699. The van der Waals surface area contributed by atoms with Gasteiger partial charge in [0.1, 0.15) is 5.69 Å². The van der Waals surface area contributed by atoms with Crippen LogP contribution in [-0.2, 0) is 0 Å². The zero-order valence-electron chi connectivity index (χ0n) is 13.1. The van der Waals surface area contributed by atoms with Gasteiger partial charge in [-0.2, -0.15) is 5.10 Å². The molecule has 3 heterocycles. The molecule has 0 amide bonds. The third-order valence-electron chi connectivity index (χ3n) is 4.36. The van der Waals surface area contributed by atoms with Crippen molar-refractivity contribution in [3.05, 3.63) is 34.9 Å². The molecule has 1 aliphatic carbocycles. The Morgan fingerprint density at radius 3 is 2.88 bits per heavy atom. The van der Waals surface area contributed by atoms with Gasteiger partial charge in [0.2, 0.25) is 0 Å². The first-order valence-electron chi connectivity index (χ1n) is 7.81. The van der Waals surface area contributed by atoms with E-state index in [9.17, 15) is 9.90 Å². The van der Waals surface area contributed by atoms with E-state index in [4.69, 9.17) is 0 Å². The van der Waals surface area contributed by atoms with E-state index in [0.29, 0.717) is 28.5 Å². The van der Waals surface area contributed by atoms with Gasteiger partial charge in [-0.05, 0) is 44.4 Å². The van der Waals surface area contributed by atoms with Crippen molar-refractivity contribution in [2.75, 3.05) is 0 Å². The van der Waals surface area contributed by atoms with Gasteiger partial charge in [-0.1, -0.05) is 5.21 Å². The highest BCUT2D eigenvalue weighted by atomic mass is 16.4. The number of carboxylic acid groups (broad SMARTS) is 1. The van der Waals surface area contributed by atoms with Crippen LogP contribution in [0.15, 0.2) is 12.3 Å². The lowest BCUT2D eigenvalue weighted by atomic mass is 9.93. The summed E-state index contributed by atoms with van der Waals surface area (Å²) in [6.07, 6.45) is 8.93. The molecule has 0 radical (unpaired) electrons. The van der Waals surface area contributed by atoms with Crippen LogP contribution in [0, 0.1) is 6.92 Å². The summed E-state index contributed by atoms with van der Waals surface area (Å²) in [6, 6.07) is 2.00. The number of aromatic carboxylic acids is 1. The average molecular weight is 324 g/mol. The molecule has 0 atom stereocenters. The van der Waals surface area contributed by atoms with Crippen molar-refractivity contribution in [2.45, 2.75) is 32.2 Å². The van der Waals surface area contributed by atoms with E-state index >= 15 is 0 Å². The molecule has 0 unspecified atom stereocenters. The predicted octanol–water partition coefficient (Wildman–Crippen LogP) is 2.45. The molecular formula is C16H16N6O2. The maximum Gasteiger partial charge on any atom is 0.336 e. The SMILES string of the molecule is Cc1[nH]nc2nc(/C=C/c3cn(C4CCC4)nn3)cc(C(=O)O)c12. The topological polar surface area (TPSA) is 110 Å². The molecule has 0 spiro atoms. The predicted molar refractivity (Wildman–Crippen MR) is 87.4 cm³/mol. The van der Waals surface area contributed by atoms with Crippen LogP contribution >= 0.6 is 0 Å². The van der Waals surface area contributed by atoms with Gasteiger partial charge in [0.15, 0.2) is 5.65 Å². The van der Waals surface area contributed by atoms with Gasteiger partial charge in [0.25, 0.3) is 0 Å². The molecule has 122 valence electrons. The number of aryl methyl sites for hydroxylation is 1. The van der Waals surface area contributed by atoms with E-state index < -0.39 is 5.97 Å². The number of hydrogen-bond donors (Lipinski definition) is 2. The van der Waals surface area contributed by atoms with Crippen LogP contribution in [0.5, 0.6) is 0 Å². The minimum Gasteiger partial charge on any atom is -0.478 e. The number of carbonyl (C=O) groups is 1. The Morgan fingerprint density at radius 1 is 1.38 bits per heavy atom. The second-order valence-electron chi connectivity index (χ2n) is 5.99. The molecule has 1 aliphatic rings. The van der Waals surface area contributed by atoms with E-state index in [2.05, 4.69) is 25.5 Å². The van der Waals surface area contributed by atoms with Crippen molar-refractivity contribution in [3.63, 3.8) is 0 Å². The highest BCUT2D eigenvalue weighted by Gasteiger charge is 2.20. The van der Waals surface area contributed by atoms with E-state index in [1.54, 1.807) is 25.1 Å². The van der Waals surface area contributed by atoms with Gasteiger partial charge >= 0.3 is 5.97 Å². The molecule has 4 rings (SSSR count). The molecule has 3 aromatic heterocycles. The van der Waals surface area contributed by atoms with Gasteiger partial charge in [0.05, 0.1) is 28.9 Å². The van der Waals surface area contributed by atoms with Gasteiger partial charge in [0, 0.05) is 5.69 Å². The summed E-state index contributed by atoms with van der Waals surface area (Å²) in [5.41, 5.74) is 2.51. The highest BCUT2D eigenvalue weighted by Crippen LogP contribution is 2.30. The fourth-order valence-corrected chi connectivity index (χ4v) is 2.82. The Labute approximate surface area is 137 Å². The molecular weight excluding hydrogens is 308 g/mol. The molecule has 0 aromatic carbocycles. The molecule has 0 saturated heterocycles. The summed E-state index contributed by atoms with van der Waals surface area (Å²) in [6.45, 7) is 1.78. The minimum absolute atomic E-state index is 0.184. The first kappa shape index (κ1) is 14.6. The summed E-state index contributed by atoms with van der Waals surface area (Å²) < 4.78 is 1.89. The fourth-order valence-electron chi connectivity index (χ4n) is 2.82. The number of hydrogen-bond acceptors (Lipinski definition) is 5. The van der Waals surface area contributed by atoms with Crippen molar-refractivity contribution in [2.24, 2.45) is 0 Å². The lowest BCUT2D eigenvalue weighted by Crippen LogP contribution is -2.17. The van der Waals surface area contributed by atoms with E-state index in [0.717, 1.165) is 18.5 Å². The van der Waals surface area contributed by atoms with Crippen molar-refractivity contribution in [1.29, 1.82) is 0 Å². The van der Waals surface area contributed by atoms with Crippen LogP contribution in [0.3, 0.4) is 0 Å². The number of carboxylic acids is 1. The maximum atomic E-state index is 11.5. The number of H-pyrrole nitrogens is 1. The Kier molecular flexibility index (Phi) is 3.37. The number of nitrogens with zero attached hydrogens (tertiary/aromatic N) is 5.